The average molecular weight is 373 g/mol. The molecule has 2 saturated heterocycles. The normalized spacial score (nSPS) is 24.2. The van der Waals surface area contributed by atoms with E-state index >= 15 is 0 Å². The van der Waals surface area contributed by atoms with Crippen molar-refractivity contribution in [2.24, 2.45) is 0 Å². The zero-order valence-electron chi connectivity index (χ0n) is 13.8. The first-order valence-corrected chi connectivity index (χ1v) is 8.51. The second-order valence-corrected chi connectivity index (χ2v) is 6.73. The van der Waals surface area contributed by atoms with Crippen LogP contribution in [0.5, 0.6) is 0 Å². The molecule has 24 heavy (non-hydrogen) atoms. The first-order valence-electron chi connectivity index (χ1n) is 8.51. The van der Waals surface area contributed by atoms with Crippen LogP contribution in [-0.4, -0.2) is 66.0 Å². The summed E-state index contributed by atoms with van der Waals surface area (Å²) in [7, 11) is 0. The highest BCUT2D eigenvalue weighted by molar-refractivity contribution is 5.92. The van der Waals surface area contributed by atoms with Gasteiger partial charge in [-0.15, -0.1) is 24.8 Å². The summed E-state index contributed by atoms with van der Waals surface area (Å²) in [5.41, 5.74) is 1.89. The number of hydrogen-bond acceptors (Lipinski definition) is 4. The number of hydrogen-bond donors (Lipinski definition) is 1. The maximum atomic E-state index is 12.6. The monoisotopic (exact) mass is 372 g/mol. The van der Waals surface area contributed by atoms with Crippen LogP contribution in [0.3, 0.4) is 0 Å². The maximum absolute atomic E-state index is 12.6. The molecule has 1 aromatic heterocycles. The molecule has 0 aromatic carbocycles. The summed E-state index contributed by atoms with van der Waals surface area (Å²) < 4.78 is 0. The minimum absolute atomic E-state index is 0. The van der Waals surface area contributed by atoms with E-state index < -0.39 is 0 Å². The Balaban J connectivity index is 0.00000104. The highest BCUT2D eigenvalue weighted by Crippen LogP contribution is 2.39. The van der Waals surface area contributed by atoms with Gasteiger partial charge < -0.3 is 10.2 Å². The predicted octanol–water partition coefficient (Wildman–Crippen LogP) is 1.92. The van der Waals surface area contributed by atoms with Crippen molar-refractivity contribution in [3.05, 3.63) is 29.6 Å². The lowest BCUT2D eigenvalue weighted by Gasteiger charge is -2.32. The smallest absolute Gasteiger partial charge is 0.272 e. The SMILES string of the molecule is Cl.Cl.O=C(c1ccc(C2CC2)cn1)N1CCC(N2CCNCC2)C1. The summed E-state index contributed by atoms with van der Waals surface area (Å²) in [4.78, 5) is 21.5. The number of pyridine rings is 1. The van der Waals surface area contributed by atoms with Crippen LogP contribution in [0.25, 0.3) is 0 Å². The third kappa shape index (κ3) is 4.20. The molecular weight excluding hydrogens is 347 g/mol. The third-order valence-electron chi connectivity index (χ3n) is 5.17. The highest BCUT2D eigenvalue weighted by atomic mass is 35.5. The van der Waals surface area contributed by atoms with Crippen molar-refractivity contribution in [2.75, 3.05) is 39.3 Å². The van der Waals surface area contributed by atoms with E-state index in [0.29, 0.717) is 17.7 Å². The van der Waals surface area contributed by atoms with Crippen LogP contribution >= 0.6 is 24.8 Å². The Bertz CT molecular complexity index is 544. The molecular formula is C17H26Cl2N4O. The average Bonchev–Trinajstić information content (AvgIpc) is 3.32. The number of rotatable bonds is 3. The molecule has 0 spiro atoms. The molecule has 0 bridgehead atoms. The summed E-state index contributed by atoms with van der Waals surface area (Å²) in [6.45, 7) is 6.04. The van der Waals surface area contributed by atoms with E-state index in [1.165, 1.54) is 18.4 Å². The Morgan fingerprint density at radius 1 is 1.08 bits per heavy atom. The Morgan fingerprint density at radius 3 is 2.46 bits per heavy atom. The Hall–Kier alpha value is -0.880. The molecule has 1 atom stereocenters. The molecule has 1 unspecified atom stereocenters. The van der Waals surface area contributed by atoms with E-state index in [1.54, 1.807) is 0 Å². The number of nitrogens with one attached hydrogen (secondary N) is 1. The van der Waals surface area contributed by atoms with Crippen LogP contribution in [0.1, 0.15) is 41.2 Å². The van der Waals surface area contributed by atoms with Gasteiger partial charge in [0.2, 0.25) is 0 Å². The largest absolute Gasteiger partial charge is 0.336 e. The second-order valence-electron chi connectivity index (χ2n) is 6.73. The lowest BCUT2D eigenvalue weighted by atomic mass is 10.2. The van der Waals surface area contributed by atoms with Crippen molar-refractivity contribution in [3.63, 3.8) is 0 Å². The van der Waals surface area contributed by atoms with Crippen molar-refractivity contribution in [1.82, 2.24) is 20.1 Å². The number of nitrogens with zero attached hydrogens (tertiary/aromatic N) is 3. The topological polar surface area (TPSA) is 48.5 Å². The van der Waals surface area contributed by atoms with Gasteiger partial charge >= 0.3 is 0 Å². The van der Waals surface area contributed by atoms with Gasteiger partial charge in [-0.1, -0.05) is 6.07 Å². The molecule has 1 aliphatic carbocycles. The van der Waals surface area contributed by atoms with Crippen LogP contribution in [0.4, 0.5) is 0 Å². The summed E-state index contributed by atoms with van der Waals surface area (Å²) >= 11 is 0. The Labute approximate surface area is 156 Å². The molecule has 0 radical (unpaired) electrons. The number of carbonyl (C=O) groups is 1. The van der Waals surface area contributed by atoms with E-state index in [1.807, 2.05) is 17.2 Å². The molecule has 7 heteroatoms. The van der Waals surface area contributed by atoms with Crippen LogP contribution in [-0.2, 0) is 0 Å². The van der Waals surface area contributed by atoms with Gasteiger partial charge in [0.05, 0.1) is 0 Å². The molecule has 5 nitrogen and oxygen atoms in total. The van der Waals surface area contributed by atoms with Crippen molar-refractivity contribution in [2.45, 2.75) is 31.2 Å². The van der Waals surface area contributed by atoms with Crippen molar-refractivity contribution >= 4 is 30.7 Å². The predicted molar refractivity (Wildman–Crippen MR) is 99.5 cm³/mol. The van der Waals surface area contributed by atoms with Gasteiger partial charge in [-0.3, -0.25) is 14.7 Å². The minimum Gasteiger partial charge on any atom is -0.336 e. The fraction of sp³-hybridized carbons (Fsp3) is 0.647. The van der Waals surface area contributed by atoms with Gasteiger partial charge in [-0.2, -0.15) is 0 Å². The van der Waals surface area contributed by atoms with Crippen molar-refractivity contribution < 1.29 is 4.79 Å². The zero-order valence-corrected chi connectivity index (χ0v) is 15.5. The number of halogens is 2. The molecule has 1 N–H and O–H groups in total. The first kappa shape index (κ1) is 19.4. The molecule has 1 saturated carbocycles. The second kappa shape index (κ2) is 8.48. The molecule has 3 fully saturated rings. The lowest BCUT2D eigenvalue weighted by Crippen LogP contribution is -2.49. The van der Waals surface area contributed by atoms with Gasteiger partial charge in [0.15, 0.2) is 0 Å². The summed E-state index contributed by atoms with van der Waals surface area (Å²) in [5, 5.41) is 3.39. The molecule has 134 valence electrons. The number of likely N-dealkylation sites (tertiary alicyclic amines) is 1. The van der Waals surface area contributed by atoms with E-state index in [0.717, 1.165) is 45.7 Å². The molecule has 4 rings (SSSR count). The number of aromatic nitrogens is 1. The van der Waals surface area contributed by atoms with E-state index in [-0.39, 0.29) is 30.7 Å². The van der Waals surface area contributed by atoms with Gasteiger partial charge in [0, 0.05) is 51.5 Å². The summed E-state index contributed by atoms with van der Waals surface area (Å²) in [6.07, 6.45) is 5.53. The van der Waals surface area contributed by atoms with Crippen LogP contribution in [0.2, 0.25) is 0 Å². The Morgan fingerprint density at radius 2 is 1.83 bits per heavy atom. The maximum Gasteiger partial charge on any atom is 0.272 e. The third-order valence-corrected chi connectivity index (χ3v) is 5.17. The Kier molecular flexibility index (Phi) is 6.87. The lowest BCUT2D eigenvalue weighted by molar-refractivity contribution is 0.0767. The van der Waals surface area contributed by atoms with Gasteiger partial charge in [-0.05, 0) is 36.8 Å². The van der Waals surface area contributed by atoms with Gasteiger partial charge in [0.25, 0.3) is 5.91 Å². The van der Waals surface area contributed by atoms with E-state index in [9.17, 15) is 4.79 Å². The van der Waals surface area contributed by atoms with Crippen LogP contribution in [0, 0.1) is 0 Å². The quantitative estimate of drug-likeness (QED) is 0.880. The van der Waals surface area contributed by atoms with Crippen molar-refractivity contribution in [1.29, 1.82) is 0 Å². The number of carbonyl (C=O) groups excluding carboxylic acids is 1. The van der Waals surface area contributed by atoms with E-state index in [4.69, 9.17) is 0 Å². The van der Waals surface area contributed by atoms with Crippen LogP contribution < -0.4 is 5.32 Å². The zero-order chi connectivity index (χ0) is 14.9. The highest BCUT2D eigenvalue weighted by Gasteiger charge is 2.32. The van der Waals surface area contributed by atoms with Gasteiger partial charge in [0.1, 0.15) is 5.69 Å². The van der Waals surface area contributed by atoms with Gasteiger partial charge in [-0.25, -0.2) is 0 Å². The molecule has 3 heterocycles. The molecule has 1 amide bonds. The fourth-order valence-corrected chi connectivity index (χ4v) is 3.62. The summed E-state index contributed by atoms with van der Waals surface area (Å²) in [6, 6.07) is 4.52. The van der Waals surface area contributed by atoms with E-state index in [2.05, 4.69) is 21.3 Å². The minimum atomic E-state index is 0. The summed E-state index contributed by atoms with van der Waals surface area (Å²) in [5.74, 6) is 0.792. The van der Waals surface area contributed by atoms with Crippen molar-refractivity contribution in [3.8, 4) is 0 Å². The fourth-order valence-electron chi connectivity index (χ4n) is 3.62. The van der Waals surface area contributed by atoms with Crippen LogP contribution in [0.15, 0.2) is 18.3 Å². The number of amides is 1. The molecule has 2 aliphatic heterocycles. The molecule has 3 aliphatic rings. The number of piperazine rings is 1. The standard InChI is InChI=1S/C17H24N4O.2ClH/c22-17(16-4-3-14(11-19-16)13-1-2-13)21-8-5-15(12-21)20-9-6-18-7-10-20;;/h3-4,11,13,15,18H,1-2,5-10,12H2;2*1H. The first-order chi connectivity index (χ1) is 10.8. The molecule has 1 aromatic rings.